The zero-order valence-corrected chi connectivity index (χ0v) is 23.8. The Morgan fingerprint density at radius 2 is 0.853 bits per heavy atom. The maximum absolute atomic E-state index is 12.4. The van der Waals surface area contributed by atoms with Crippen LogP contribution in [0.15, 0.2) is 0 Å². The summed E-state index contributed by atoms with van der Waals surface area (Å²) in [6, 6.07) is 0. The molecule has 0 amide bonds. The molecule has 34 heavy (non-hydrogen) atoms. The van der Waals surface area contributed by atoms with Gasteiger partial charge in [-0.3, -0.25) is 8.74 Å². The molecule has 0 aromatic rings. The molecular formula is C26H54O6S2. The first-order valence-corrected chi connectivity index (χ1v) is 17.1. The van der Waals surface area contributed by atoms with Crippen LogP contribution >= 0.6 is 0 Å². The van der Waals surface area contributed by atoms with Crippen molar-refractivity contribution in [1.82, 2.24) is 0 Å². The number of rotatable bonds is 26. The highest BCUT2D eigenvalue weighted by molar-refractivity contribution is 8.04. The Hall–Kier alpha value is -0.180. The summed E-state index contributed by atoms with van der Waals surface area (Å²) in [5, 5.41) is 0. The maximum Gasteiger partial charge on any atom is 0.287 e. The van der Waals surface area contributed by atoms with Crippen LogP contribution in [-0.2, 0) is 24.4 Å². The lowest BCUT2D eigenvalue weighted by Crippen LogP contribution is -2.31. The van der Waals surface area contributed by atoms with Crippen molar-refractivity contribution in [2.24, 2.45) is 0 Å². The summed E-state index contributed by atoms with van der Waals surface area (Å²) < 4.78 is 60.7. The fourth-order valence-electron chi connectivity index (χ4n) is 4.26. The largest absolute Gasteiger partial charge is 0.287 e. The first-order chi connectivity index (χ1) is 16.3. The fraction of sp³-hybridized carbons (Fsp3) is 1.00. The molecule has 1 unspecified atom stereocenters. The zero-order valence-electron chi connectivity index (χ0n) is 22.1. The molecule has 0 bridgehead atoms. The normalized spacial score (nSPS) is 13.4. The Kier molecular flexibility index (Phi) is 21.9. The molecule has 1 atom stereocenters. The van der Waals surface area contributed by atoms with Gasteiger partial charge in [0.25, 0.3) is 20.2 Å². The number of hydrogen-bond acceptors (Lipinski definition) is 5. The van der Waals surface area contributed by atoms with Gasteiger partial charge in [0.1, 0.15) is 0 Å². The molecule has 6 nitrogen and oxygen atoms in total. The van der Waals surface area contributed by atoms with E-state index in [1.165, 1.54) is 77.0 Å². The monoisotopic (exact) mass is 526 g/mol. The van der Waals surface area contributed by atoms with E-state index < -0.39 is 24.8 Å². The lowest BCUT2D eigenvalue weighted by atomic mass is 10.1. The van der Waals surface area contributed by atoms with Crippen molar-refractivity contribution in [3.63, 3.8) is 0 Å². The highest BCUT2D eigenvalue weighted by Crippen LogP contribution is 2.20. The summed E-state index contributed by atoms with van der Waals surface area (Å²) in [6.07, 6.45) is 23.2. The van der Waals surface area contributed by atoms with Gasteiger partial charge in [-0.2, -0.15) is 16.8 Å². The van der Waals surface area contributed by atoms with E-state index in [1.54, 1.807) is 0 Å². The molecular weight excluding hydrogens is 472 g/mol. The summed E-state index contributed by atoms with van der Waals surface area (Å²) >= 11 is 0. The van der Waals surface area contributed by atoms with E-state index in [2.05, 4.69) is 13.8 Å². The molecule has 0 saturated heterocycles. The zero-order chi connectivity index (χ0) is 25.5. The molecule has 0 aliphatic heterocycles. The van der Waals surface area contributed by atoms with E-state index >= 15 is 0 Å². The molecule has 0 spiro atoms. The van der Waals surface area contributed by atoms with Gasteiger partial charge in [0.05, 0.1) is 6.61 Å². The molecule has 0 heterocycles. The molecule has 1 N–H and O–H groups in total. The highest BCUT2D eigenvalue weighted by Gasteiger charge is 2.37. The molecule has 0 fully saturated rings. The van der Waals surface area contributed by atoms with Crippen LogP contribution in [0.4, 0.5) is 0 Å². The van der Waals surface area contributed by atoms with Crippen LogP contribution in [0.3, 0.4) is 0 Å². The minimum Gasteiger partial charge on any atom is -0.284 e. The van der Waals surface area contributed by atoms with Gasteiger partial charge >= 0.3 is 0 Å². The van der Waals surface area contributed by atoms with Gasteiger partial charge in [-0.1, -0.05) is 142 Å². The van der Waals surface area contributed by atoms with Crippen LogP contribution < -0.4 is 0 Å². The van der Waals surface area contributed by atoms with E-state index in [0.717, 1.165) is 44.9 Å². The second-order valence-corrected chi connectivity index (χ2v) is 13.5. The van der Waals surface area contributed by atoms with Crippen molar-refractivity contribution in [3.05, 3.63) is 0 Å². The Morgan fingerprint density at radius 1 is 0.529 bits per heavy atom. The highest BCUT2D eigenvalue weighted by atomic mass is 32.3. The third-order valence-corrected chi connectivity index (χ3v) is 10.2. The summed E-state index contributed by atoms with van der Waals surface area (Å²) in [5.74, 6) is 0. The smallest absolute Gasteiger partial charge is 0.284 e. The van der Waals surface area contributed by atoms with Crippen LogP contribution in [0, 0.1) is 0 Å². The Bertz CT molecular complexity index is 646. The van der Waals surface area contributed by atoms with Crippen molar-refractivity contribution < 1.29 is 25.6 Å². The third kappa shape index (κ3) is 20.1. The minimum atomic E-state index is -4.71. The van der Waals surface area contributed by atoms with Gasteiger partial charge in [0, 0.05) is 0 Å². The SMILES string of the molecule is CCCCCCCCCCCCCCOS(=O)(=O)C(CCCCCCCCCCC)S(=O)(=O)O. The topological polar surface area (TPSA) is 97.7 Å². The van der Waals surface area contributed by atoms with Crippen molar-refractivity contribution in [3.8, 4) is 0 Å². The summed E-state index contributed by atoms with van der Waals surface area (Å²) in [4.78, 5) is 0. The van der Waals surface area contributed by atoms with E-state index in [1.807, 2.05) is 0 Å². The van der Waals surface area contributed by atoms with Gasteiger partial charge in [-0.15, -0.1) is 0 Å². The second kappa shape index (κ2) is 22.1. The van der Waals surface area contributed by atoms with Crippen LogP contribution in [0.5, 0.6) is 0 Å². The Balaban J connectivity index is 3.95. The summed E-state index contributed by atoms with van der Waals surface area (Å²) in [6.45, 7) is 4.39. The van der Waals surface area contributed by atoms with E-state index in [-0.39, 0.29) is 13.0 Å². The average molecular weight is 527 g/mol. The standard InChI is InChI=1S/C26H54O6S2/c1-3-5-7-9-11-13-14-15-17-19-21-23-25-32-34(30,31)26(33(27,28)29)24-22-20-18-16-12-10-8-6-4-2/h26H,3-25H2,1-2H3,(H,27,28,29). The van der Waals surface area contributed by atoms with Crippen LogP contribution in [0.2, 0.25) is 0 Å². The molecule has 0 aliphatic rings. The van der Waals surface area contributed by atoms with E-state index in [4.69, 9.17) is 4.18 Å². The molecule has 0 aromatic carbocycles. The van der Waals surface area contributed by atoms with E-state index in [9.17, 15) is 21.4 Å². The third-order valence-electron chi connectivity index (χ3n) is 6.44. The van der Waals surface area contributed by atoms with Crippen LogP contribution in [0.25, 0.3) is 0 Å². The summed E-state index contributed by atoms with van der Waals surface area (Å²) in [7, 11) is -9.05. The first-order valence-electron chi connectivity index (χ1n) is 14.1. The molecule has 0 saturated carbocycles. The lowest BCUT2D eigenvalue weighted by molar-refractivity contribution is 0.302. The predicted molar refractivity (Wildman–Crippen MR) is 143 cm³/mol. The average Bonchev–Trinajstić information content (AvgIpc) is 2.77. The summed E-state index contributed by atoms with van der Waals surface area (Å²) in [5.41, 5.74) is 0. The lowest BCUT2D eigenvalue weighted by Gasteiger charge is -2.14. The van der Waals surface area contributed by atoms with Gasteiger partial charge < -0.3 is 0 Å². The quantitative estimate of drug-likeness (QED) is 0.0693. The van der Waals surface area contributed by atoms with Crippen molar-refractivity contribution in [2.45, 2.75) is 160 Å². The predicted octanol–water partition coefficient (Wildman–Crippen LogP) is 8.17. The van der Waals surface area contributed by atoms with Gasteiger partial charge in [-0.05, 0) is 12.8 Å². The maximum atomic E-state index is 12.4. The van der Waals surface area contributed by atoms with Gasteiger partial charge in [0.2, 0.25) is 4.58 Å². The molecule has 206 valence electrons. The van der Waals surface area contributed by atoms with E-state index in [0.29, 0.717) is 12.8 Å². The fourth-order valence-corrected chi connectivity index (χ4v) is 7.04. The van der Waals surface area contributed by atoms with Crippen LogP contribution in [0.1, 0.15) is 155 Å². The Morgan fingerprint density at radius 3 is 1.21 bits per heavy atom. The van der Waals surface area contributed by atoms with Crippen LogP contribution in [-0.4, -0.2) is 32.6 Å². The number of hydrogen-bond donors (Lipinski definition) is 1. The molecule has 0 radical (unpaired) electrons. The Labute approximate surface area is 211 Å². The molecule has 0 rings (SSSR count). The van der Waals surface area contributed by atoms with Gasteiger partial charge in [0.15, 0.2) is 0 Å². The molecule has 0 aromatic heterocycles. The molecule has 0 aliphatic carbocycles. The van der Waals surface area contributed by atoms with Gasteiger partial charge in [-0.25, -0.2) is 0 Å². The molecule has 8 heteroatoms. The van der Waals surface area contributed by atoms with Crippen molar-refractivity contribution in [2.75, 3.05) is 6.61 Å². The number of unbranched alkanes of at least 4 members (excludes halogenated alkanes) is 19. The minimum absolute atomic E-state index is 0.0243. The first kappa shape index (κ1) is 33.8. The second-order valence-electron chi connectivity index (χ2n) is 9.77. The van der Waals surface area contributed by atoms with Crippen molar-refractivity contribution in [1.29, 1.82) is 0 Å². The van der Waals surface area contributed by atoms with Crippen molar-refractivity contribution >= 4 is 20.2 Å².